The van der Waals surface area contributed by atoms with Crippen LogP contribution in [0.2, 0.25) is 0 Å². The lowest BCUT2D eigenvalue weighted by Gasteiger charge is -2.12. The minimum atomic E-state index is -1.10. The molecular weight excluding hydrogens is 180 g/mol. The molecule has 1 aromatic rings. The van der Waals surface area contributed by atoms with E-state index in [4.69, 9.17) is 0 Å². The van der Waals surface area contributed by atoms with Gasteiger partial charge in [0.1, 0.15) is 0 Å². The number of hydrogen-bond acceptors (Lipinski definition) is 4. The van der Waals surface area contributed by atoms with E-state index in [1.54, 1.807) is 6.92 Å². The number of benzene rings is 1. The molecule has 0 fully saturated rings. The summed E-state index contributed by atoms with van der Waals surface area (Å²) in [5.74, 6) is -0.436. The monoisotopic (exact) mass is 190 g/mol. The SMILES string of the molecule is COC(=O)C1(C)N=c2ccccc2=N1. The first-order valence-electron chi connectivity index (χ1n) is 4.29. The van der Waals surface area contributed by atoms with E-state index in [0.717, 1.165) is 10.7 Å². The third kappa shape index (κ3) is 1.19. The van der Waals surface area contributed by atoms with Gasteiger partial charge in [-0.05, 0) is 19.1 Å². The second-order valence-electron chi connectivity index (χ2n) is 3.22. The van der Waals surface area contributed by atoms with Crippen LogP contribution in [0.4, 0.5) is 0 Å². The maximum Gasteiger partial charge on any atom is 0.356 e. The first-order valence-corrected chi connectivity index (χ1v) is 4.29. The highest BCUT2D eigenvalue weighted by molar-refractivity contribution is 5.80. The molecule has 0 radical (unpaired) electrons. The van der Waals surface area contributed by atoms with Gasteiger partial charge in [-0.25, -0.2) is 14.8 Å². The van der Waals surface area contributed by atoms with Crippen LogP contribution in [0, 0.1) is 0 Å². The Morgan fingerprint density at radius 2 is 1.79 bits per heavy atom. The van der Waals surface area contributed by atoms with E-state index in [1.807, 2.05) is 24.3 Å². The Balaban J connectivity index is 2.59. The fourth-order valence-corrected chi connectivity index (χ4v) is 1.43. The number of para-hydroxylation sites is 2. The van der Waals surface area contributed by atoms with Gasteiger partial charge in [0, 0.05) is 0 Å². The zero-order valence-corrected chi connectivity index (χ0v) is 8.02. The number of methoxy groups -OCH3 is 1. The van der Waals surface area contributed by atoms with E-state index in [9.17, 15) is 4.79 Å². The molecule has 1 aliphatic heterocycles. The van der Waals surface area contributed by atoms with Gasteiger partial charge >= 0.3 is 5.97 Å². The summed E-state index contributed by atoms with van der Waals surface area (Å²) in [5.41, 5.74) is -1.10. The zero-order chi connectivity index (χ0) is 10.2. The molecule has 4 nitrogen and oxygen atoms in total. The van der Waals surface area contributed by atoms with Gasteiger partial charge in [0.15, 0.2) is 0 Å². The second kappa shape index (κ2) is 2.90. The van der Waals surface area contributed by atoms with Crippen LogP contribution in [0.5, 0.6) is 0 Å². The minimum Gasteiger partial charge on any atom is -0.466 e. The fourth-order valence-electron chi connectivity index (χ4n) is 1.43. The van der Waals surface area contributed by atoms with Crippen LogP contribution in [0.1, 0.15) is 6.92 Å². The molecule has 1 aliphatic rings. The molecule has 0 unspecified atom stereocenters. The quantitative estimate of drug-likeness (QED) is 0.577. The van der Waals surface area contributed by atoms with Crippen LogP contribution < -0.4 is 10.7 Å². The van der Waals surface area contributed by atoms with Crippen molar-refractivity contribution in [3.63, 3.8) is 0 Å². The Morgan fingerprint density at radius 1 is 1.29 bits per heavy atom. The van der Waals surface area contributed by atoms with Crippen molar-refractivity contribution >= 4 is 5.97 Å². The van der Waals surface area contributed by atoms with Crippen molar-refractivity contribution in [2.45, 2.75) is 12.6 Å². The third-order valence-corrected chi connectivity index (χ3v) is 2.13. The number of carbonyl (C=O) groups is 1. The minimum absolute atomic E-state index is 0.436. The molecule has 0 aromatic heterocycles. The van der Waals surface area contributed by atoms with Crippen molar-refractivity contribution in [2.75, 3.05) is 7.11 Å². The highest BCUT2D eigenvalue weighted by atomic mass is 16.5. The van der Waals surface area contributed by atoms with E-state index in [-0.39, 0.29) is 0 Å². The topological polar surface area (TPSA) is 51.0 Å². The second-order valence-corrected chi connectivity index (χ2v) is 3.22. The number of fused-ring (bicyclic) bond motifs is 1. The molecule has 2 rings (SSSR count). The van der Waals surface area contributed by atoms with Crippen molar-refractivity contribution in [1.29, 1.82) is 0 Å². The molecule has 14 heavy (non-hydrogen) atoms. The Hall–Kier alpha value is -1.71. The number of hydrogen-bond donors (Lipinski definition) is 0. The van der Waals surface area contributed by atoms with Gasteiger partial charge in [0.05, 0.1) is 17.8 Å². The standard InChI is InChI=1S/C10H10N2O2/c1-10(9(13)14-2)11-7-5-3-4-6-8(7)12-10/h3-6H,1-2H3. The molecule has 0 saturated heterocycles. The predicted octanol–water partition coefficient (Wildman–Crippen LogP) is -0.171. The van der Waals surface area contributed by atoms with Crippen molar-refractivity contribution in [3.05, 3.63) is 35.0 Å². The summed E-state index contributed by atoms with van der Waals surface area (Å²) in [5, 5.41) is 1.47. The van der Waals surface area contributed by atoms with Gasteiger partial charge in [-0.15, -0.1) is 0 Å². The van der Waals surface area contributed by atoms with E-state index < -0.39 is 11.6 Å². The third-order valence-electron chi connectivity index (χ3n) is 2.13. The van der Waals surface area contributed by atoms with Crippen molar-refractivity contribution in [2.24, 2.45) is 9.98 Å². The van der Waals surface area contributed by atoms with Gasteiger partial charge in [-0.1, -0.05) is 12.1 Å². The van der Waals surface area contributed by atoms with Gasteiger partial charge in [0.2, 0.25) is 5.66 Å². The van der Waals surface area contributed by atoms with Crippen LogP contribution >= 0.6 is 0 Å². The predicted molar refractivity (Wildman–Crippen MR) is 49.2 cm³/mol. The number of nitrogens with zero attached hydrogens (tertiary/aromatic N) is 2. The Labute approximate surface area is 81.0 Å². The first kappa shape index (κ1) is 8.87. The summed E-state index contributed by atoms with van der Waals surface area (Å²) in [6, 6.07) is 7.38. The molecule has 0 bridgehead atoms. The van der Waals surface area contributed by atoms with E-state index in [1.165, 1.54) is 7.11 Å². The molecule has 0 atom stereocenters. The number of carbonyl (C=O) groups excluding carboxylic acids is 1. The van der Waals surface area contributed by atoms with E-state index >= 15 is 0 Å². The van der Waals surface area contributed by atoms with E-state index in [0.29, 0.717) is 0 Å². The Bertz CT molecular complexity index is 458. The lowest BCUT2D eigenvalue weighted by Crippen LogP contribution is -2.31. The summed E-state index contributed by atoms with van der Waals surface area (Å²) < 4.78 is 4.64. The average molecular weight is 190 g/mol. The largest absolute Gasteiger partial charge is 0.466 e. The molecule has 1 aromatic carbocycles. The van der Waals surface area contributed by atoms with Crippen molar-refractivity contribution < 1.29 is 9.53 Å². The first-order chi connectivity index (χ1) is 6.65. The molecule has 4 heteroatoms. The van der Waals surface area contributed by atoms with Crippen molar-refractivity contribution in [3.8, 4) is 0 Å². The summed E-state index contributed by atoms with van der Waals surface area (Å²) in [4.78, 5) is 19.8. The summed E-state index contributed by atoms with van der Waals surface area (Å²) in [7, 11) is 1.33. The molecule has 1 heterocycles. The number of rotatable bonds is 1. The van der Waals surface area contributed by atoms with Crippen LogP contribution in [0.3, 0.4) is 0 Å². The average Bonchev–Trinajstić information content (AvgIpc) is 2.54. The zero-order valence-electron chi connectivity index (χ0n) is 8.02. The van der Waals surface area contributed by atoms with Crippen LogP contribution in [-0.2, 0) is 9.53 Å². The van der Waals surface area contributed by atoms with Gasteiger partial charge < -0.3 is 4.74 Å². The number of esters is 1. The lowest BCUT2D eigenvalue weighted by atomic mass is 10.2. The molecule has 0 saturated carbocycles. The fraction of sp³-hybridized carbons (Fsp3) is 0.300. The molecule has 0 aliphatic carbocycles. The van der Waals surface area contributed by atoms with Crippen LogP contribution in [0.25, 0.3) is 0 Å². The highest BCUT2D eigenvalue weighted by Crippen LogP contribution is 2.14. The van der Waals surface area contributed by atoms with Gasteiger partial charge in [0.25, 0.3) is 0 Å². The van der Waals surface area contributed by atoms with Gasteiger partial charge in [-0.3, -0.25) is 0 Å². The number of ether oxygens (including phenoxy) is 1. The molecule has 0 amide bonds. The molecule has 72 valence electrons. The smallest absolute Gasteiger partial charge is 0.356 e. The lowest BCUT2D eigenvalue weighted by molar-refractivity contribution is -0.145. The maximum absolute atomic E-state index is 11.4. The van der Waals surface area contributed by atoms with Crippen LogP contribution in [-0.4, -0.2) is 18.7 Å². The molecule has 0 spiro atoms. The summed E-state index contributed by atoms with van der Waals surface area (Å²) in [6.45, 7) is 1.64. The molecule has 0 N–H and O–H groups in total. The van der Waals surface area contributed by atoms with Gasteiger partial charge in [-0.2, -0.15) is 0 Å². The summed E-state index contributed by atoms with van der Waals surface area (Å²) >= 11 is 0. The Kier molecular flexibility index (Phi) is 1.84. The van der Waals surface area contributed by atoms with Crippen LogP contribution in [0.15, 0.2) is 34.3 Å². The summed E-state index contributed by atoms with van der Waals surface area (Å²) in [6.07, 6.45) is 0. The normalized spacial score (nSPS) is 16.4. The highest BCUT2D eigenvalue weighted by Gasteiger charge is 2.35. The van der Waals surface area contributed by atoms with Crippen molar-refractivity contribution in [1.82, 2.24) is 0 Å². The Morgan fingerprint density at radius 3 is 2.21 bits per heavy atom. The van der Waals surface area contributed by atoms with E-state index in [2.05, 4.69) is 14.7 Å². The maximum atomic E-state index is 11.4. The molecular formula is C10H10N2O2.